The third-order valence-electron chi connectivity index (χ3n) is 3.70. The molecule has 0 unspecified atom stereocenters. The second kappa shape index (κ2) is 6.06. The third kappa shape index (κ3) is 3.96. The van der Waals surface area contributed by atoms with Crippen LogP contribution < -0.4 is 10.5 Å². The Labute approximate surface area is 113 Å². The highest BCUT2D eigenvalue weighted by Crippen LogP contribution is 2.44. The zero-order valence-electron chi connectivity index (χ0n) is 11.4. The van der Waals surface area contributed by atoms with E-state index in [4.69, 9.17) is 10.5 Å². The van der Waals surface area contributed by atoms with Crippen molar-refractivity contribution < 1.29 is 14.3 Å². The summed E-state index contributed by atoms with van der Waals surface area (Å²) in [5.41, 5.74) is 7.05. The number of aryl methyl sites for hydroxylation is 1. The molecule has 1 aliphatic rings. The van der Waals surface area contributed by atoms with Gasteiger partial charge in [0.25, 0.3) is 0 Å². The van der Waals surface area contributed by atoms with Gasteiger partial charge in [0.1, 0.15) is 5.75 Å². The topological polar surface area (TPSA) is 61.5 Å². The van der Waals surface area contributed by atoms with E-state index in [1.165, 1.54) is 20.0 Å². The fourth-order valence-corrected chi connectivity index (χ4v) is 1.92. The molecule has 0 heterocycles. The van der Waals surface area contributed by atoms with Crippen LogP contribution in [0.1, 0.15) is 24.8 Å². The van der Waals surface area contributed by atoms with Crippen LogP contribution in [0, 0.1) is 5.41 Å². The van der Waals surface area contributed by atoms with Crippen LogP contribution in [0.15, 0.2) is 24.3 Å². The maximum atomic E-state index is 11.0. The predicted octanol–water partition coefficient (Wildman–Crippen LogP) is 1.91. The molecule has 1 aromatic carbocycles. The first-order valence-corrected chi connectivity index (χ1v) is 6.66. The van der Waals surface area contributed by atoms with Gasteiger partial charge in [0.2, 0.25) is 0 Å². The number of rotatable bonds is 7. The Kier molecular flexibility index (Phi) is 4.43. The van der Waals surface area contributed by atoms with Crippen molar-refractivity contribution in [1.82, 2.24) is 0 Å². The Morgan fingerprint density at radius 1 is 1.32 bits per heavy atom. The van der Waals surface area contributed by atoms with Crippen molar-refractivity contribution in [3.63, 3.8) is 0 Å². The molecule has 4 heteroatoms. The minimum absolute atomic E-state index is 0.182. The number of methoxy groups -OCH3 is 1. The minimum atomic E-state index is -0.182. The van der Waals surface area contributed by atoms with Crippen molar-refractivity contribution in [2.75, 3.05) is 20.3 Å². The van der Waals surface area contributed by atoms with Crippen LogP contribution in [0.3, 0.4) is 0 Å². The zero-order valence-corrected chi connectivity index (χ0v) is 11.4. The smallest absolute Gasteiger partial charge is 0.305 e. The molecule has 0 aromatic heterocycles. The molecule has 1 saturated carbocycles. The first-order chi connectivity index (χ1) is 9.17. The van der Waals surface area contributed by atoms with Crippen LogP contribution in [0.5, 0.6) is 5.75 Å². The number of esters is 1. The summed E-state index contributed by atoms with van der Waals surface area (Å²) in [5, 5.41) is 0. The van der Waals surface area contributed by atoms with Crippen molar-refractivity contribution in [3.8, 4) is 5.75 Å². The molecule has 0 saturated heterocycles. The summed E-state index contributed by atoms with van der Waals surface area (Å²) in [6.07, 6.45) is 3.44. The summed E-state index contributed by atoms with van der Waals surface area (Å²) in [5.74, 6) is 0.681. The van der Waals surface area contributed by atoms with Crippen molar-refractivity contribution in [3.05, 3.63) is 29.8 Å². The van der Waals surface area contributed by atoms with Gasteiger partial charge in [0.15, 0.2) is 0 Å². The lowest BCUT2D eigenvalue weighted by Gasteiger charge is -2.14. The number of carbonyl (C=O) groups is 1. The second-order valence-electron chi connectivity index (χ2n) is 5.21. The number of hydrogen-bond donors (Lipinski definition) is 1. The van der Waals surface area contributed by atoms with Gasteiger partial charge in [-0.15, -0.1) is 0 Å². The fraction of sp³-hybridized carbons (Fsp3) is 0.533. The fourth-order valence-electron chi connectivity index (χ4n) is 1.92. The van der Waals surface area contributed by atoms with Gasteiger partial charge in [-0.05, 0) is 37.0 Å². The molecule has 19 heavy (non-hydrogen) atoms. The molecule has 1 fully saturated rings. The summed E-state index contributed by atoms with van der Waals surface area (Å²) < 4.78 is 10.4. The first-order valence-electron chi connectivity index (χ1n) is 6.66. The van der Waals surface area contributed by atoms with Gasteiger partial charge < -0.3 is 15.2 Å². The monoisotopic (exact) mass is 263 g/mol. The van der Waals surface area contributed by atoms with Gasteiger partial charge in [-0.2, -0.15) is 0 Å². The lowest BCUT2D eigenvalue weighted by atomic mass is 10.1. The lowest BCUT2D eigenvalue weighted by molar-refractivity contribution is -0.140. The Hall–Kier alpha value is -1.55. The Bertz CT molecular complexity index is 424. The SMILES string of the molecule is COC(=O)CCc1ccc(OCC2(CN)CC2)cc1. The first kappa shape index (κ1) is 13.9. The van der Waals surface area contributed by atoms with Crippen molar-refractivity contribution in [2.24, 2.45) is 11.1 Å². The van der Waals surface area contributed by atoms with Crippen molar-refractivity contribution in [2.45, 2.75) is 25.7 Å². The molecule has 2 rings (SSSR count). The molecule has 1 aromatic rings. The van der Waals surface area contributed by atoms with Gasteiger partial charge in [0.05, 0.1) is 13.7 Å². The molecule has 0 bridgehead atoms. The Balaban J connectivity index is 1.79. The van der Waals surface area contributed by atoms with Gasteiger partial charge in [-0.3, -0.25) is 4.79 Å². The van der Waals surface area contributed by atoms with E-state index in [0.29, 0.717) is 26.0 Å². The summed E-state index contributed by atoms with van der Waals surface area (Å²) in [6, 6.07) is 7.86. The molecule has 104 valence electrons. The number of nitrogens with two attached hydrogens (primary N) is 1. The van der Waals surface area contributed by atoms with Crippen molar-refractivity contribution in [1.29, 1.82) is 0 Å². The molecule has 0 spiro atoms. The number of hydrogen-bond acceptors (Lipinski definition) is 4. The number of carbonyl (C=O) groups excluding carboxylic acids is 1. The van der Waals surface area contributed by atoms with Crippen LogP contribution >= 0.6 is 0 Å². The van der Waals surface area contributed by atoms with Crippen LogP contribution in [-0.2, 0) is 16.0 Å². The molecule has 0 radical (unpaired) electrons. The Morgan fingerprint density at radius 3 is 2.53 bits per heavy atom. The van der Waals surface area contributed by atoms with Gasteiger partial charge in [-0.25, -0.2) is 0 Å². The largest absolute Gasteiger partial charge is 0.493 e. The average molecular weight is 263 g/mol. The van der Waals surface area contributed by atoms with Crippen LogP contribution in [0.25, 0.3) is 0 Å². The molecule has 2 N–H and O–H groups in total. The average Bonchev–Trinajstić information content (AvgIpc) is 3.24. The second-order valence-corrected chi connectivity index (χ2v) is 5.21. The van der Waals surface area contributed by atoms with Crippen LogP contribution in [0.4, 0.5) is 0 Å². The highest BCUT2D eigenvalue weighted by atomic mass is 16.5. The minimum Gasteiger partial charge on any atom is -0.493 e. The number of benzene rings is 1. The van der Waals surface area contributed by atoms with Gasteiger partial charge >= 0.3 is 5.97 Å². The molecule has 0 aliphatic heterocycles. The van der Waals surface area contributed by atoms with E-state index >= 15 is 0 Å². The van der Waals surface area contributed by atoms with Crippen LogP contribution in [-0.4, -0.2) is 26.2 Å². The standard InChI is InChI=1S/C15H21NO3/c1-18-14(17)7-4-12-2-5-13(6-3-12)19-11-15(10-16)8-9-15/h2-3,5-6H,4,7-11,16H2,1H3. The van der Waals surface area contributed by atoms with Gasteiger partial charge in [-0.1, -0.05) is 12.1 Å². The predicted molar refractivity (Wildman–Crippen MR) is 73.0 cm³/mol. The van der Waals surface area contributed by atoms with E-state index in [2.05, 4.69) is 4.74 Å². The highest BCUT2D eigenvalue weighted by molar-refractivity contribution is 5.69. The van der Waals surface area contributed by atoms with Crippen LogP contribution in [0.2, 0.25) is 0 Å². The number of ether oxygens (including phenoxy) is 2. The Morgan fingerprint density at radius 2 is 2.00 bits per heavy atom. The summed E-state index contributed by atoms with van der Waals surface area (Å²) in [7, 11) is 1.41. The normalized spacial score (nSPS) is 15.9. The molecular weight excluding hydrogens is 242 g/mol. The maximum Gasteiger partial charge on any atom is 0.305 e. The molecular formula is C15H21NO3. The van der Waals surface area contributed by atoms with E-state index in [1.54, 1.807) is 0 Å². The quantitative estimate of drug-likeness (QED) is 0.763. The molecule has 0 amide bonds. The van der Waals surface area contributed by atoms with E-state index in [9.17, 15) is 4.79 Å². The molecule has 1 aliphatic carbocycles. The van der Waals surface area contributed by atoms with E-state index < -0.39 is 0 Å². The highest BCUT2D eigenvalue weighted by Gasteiger charge is 2.42. The molecule has 0 atom stereocenters. The summed E-state index contributed by atoms with van der Waals surface area (Å²) >= 11 is 0. The maximum absolute atomic E-state index is 11.0. The van der Waals surface area contributed by atoms with E-state index in [1.807, 2.05) is 24.3 Å². The van der Waals surface area contributed by atoms with E-state index in [0.717, 1.165) is 11.3 Å². The lowest BCUT2D eigenvalue weighted by Crippen LogP contribution is -2.22. The van der Waals surface area contributed by atoms with Crippen molar-refractivity contribution >= 4 is 5.97 Å². The zero-order chi connectivity index (χ0) is 13.7. The third-order valence-corrected chi connectivity index (χ3v) is 3.70. The van der Waals surface area contributed by atoms with Gasteiger partial charge in [0, 0.05) is 18.4 Å². The summed E-state index contributed by atoms with van der Waals surface area (Å²) in [6.45, 7) is 1.40. The molecule has 4 nitrogen and oxygen atoms in total. The van der Waals surface area contributed by atoms with E-state index in [-0.39, 0.29) is 11.4 Å². The summed E-state index contributed by atoms with van der Waals surface area (Å²) in [4.78, 5) is 11.0.